The first-order chi connectivity index (χ1) is 12.8. The summed E-state index contributed by atoms with van der Waals surface area (Å²) >= 11 is 0. The normalized spacial score (nSPS) is 12.5. The summed E-state index contributed by atoms with van der Waals surface area (Å²) in [5, 5.41) is 37.3. The van der Waals surface area contributed by atoms with Crippen molar-refractivity contribution >= 4 is 65.4 Å². The first-order valence-electron chi connectivity index (χ1n) is 7.50. The molecule has 0 aromatic heterocycles. The van der Waals surface area contributed by atoms with Crippen LogP contribution in [0.2, 0.25) is 0 Å². The van der Waals surface area contributed by atoms with Crippen LogP contribution in [0.15, 0.2) is 0 Å². The zero-order valence-corrected chi connectivity index (χ0v) is 14.6. The third kappa shape index (κ3) is 9.19. The summed E-state index contributed by atoms with van der Waals surface area (Å²) in [5.74, 6) is -5.81. The quantitative estimate of drug-likeness (QED) is 0.118. The van der Waals surface area contributed by atoms with Crippen molar-refractivity contribution in [2.45, 2.75) is 43.8 Å². The van der Waals surface area contributed by atoms with Crippen molar-refractivity contribution in [1.29, 1.82) is 0 Å². The zero-order valence-electron chi connectivity index (χ0n) is 14.6. The molecule has 0 aromatic rings. The van der Waals surface area contributed by atoms with Crippen molar-refractivity contribution in [3.8, 4) is 0 Å². The second-order valence-corrected chi connectivity index (χ2v) is 5.51. The predicted octanol–water partition coefficient (Wildman–Crippen LogP) is -2.85. The van der Waals surface area contributed by atoms with Crippen LogP contribution in [0.25, 0.3) is 0 Å². The van der Waals surface area contributed by atoms with E-state index in [2.05, 4.69) is 20.2 Å². The van der Waals surface area contributed by atoms with Gasteiger partial charge in [0.15, 0.2) is 5.60 Å². The first kappa shape index (κ1) is 28.9. The summed E-state index contributed by atoms with van der Waals surface area (Å²) in [6, 6.07) is 0. The molecule has 0 aromatic carbocycles. The van der Waals surface area contributed by atoms with Crippen LogP contribution in [-0.2, 0) is 43.1 Å². The van der Waals surface area contributed by atoms with E-state index in [1.165, 1.54) is 6.92 Å². The molecule has 15 heteroatoms. The molecule has 0 aliphatic heterocycles. The van der Waals surface area contributed by atoms with Crippen LogP contribution in [0, 0.1) is 0 Å². The van der Waals surface area contributed by atoms with Gasteiger partial charge in [-0.1, -0.05) is 0 Å². The van der Waals surface area contributed by atoms with Gasteiger partial charge in [0.25, 0.3) is 0 Å². The van der Waals surface area contributed by atoms with E-state index in [4.69, 9.17) is 10.2 Å². The Morgan fingerprint density at radius 2 is 1.31 bits per heavy atom. The molecule has 29 heavy (non-hydrogen) atoms. The standard InChI is InChI=1S/C14H19NO13.Na.H/c1-2-26-9(20)5-13(25,6-10(21)28-15)12(24)27-14(11(22)23,3-7(16)17)4-8(18)19;;/h25H,2-6,15H2,1H3,(H,16,17)(H,18,19)(H,22,23);;. The van der Waals surface area contributed by atoms with Crippen molar-refractivity contribution in [2.24, 2.45) is 5.90 Å². The Morgan fingerprint density at radius 3 is 1.66 bits per heavy atom. The van der Waals surface area contributed by atoms with E-state index in [9.17, 15) is 39.0 Å². The number of hydrogen-bond acceptors (Lipinski definition) is 11. The van der Waals surface area contributed by atoms with Crippen molar-refractivity contribution < 1.29 is 63.5 Å². The number of ether oxygens (including phenoxy) is 2. The molecule has 0 saturated heterocycles. The summed E-state index contributed by atoms with van der Waals surface area (Å²) in [4.78, 5) is 72.5. The number of carboxylic acid groups (broad SMARTS) is 3. The van der Waals surface area contributed by atoms with Crippen molar-refractivity contribution in [3.63, 3.8) is 0 Å². The summed E-state index contributed by atoms with van der Waals surface area (Å²) in [6.45, 7) is 1.21. The van der Waals surface area contributed by atoms with Gasteiger partial charge < -0.3 is 34.7 Å². The van der Waals surface area contributed by atoms with Crippen LogP contribution in [0.3, 0.4) is 0 Å². The number of hydrogen-bond donors (Lipinski definition) is 5. The first-order valence-corrected chi connectivity index (χ1v) is 7.50. The maximum atomic E-state index is 12.4. The molecule has 0 fully saturated rings. The summed E-state index contributed by atoms with van der Waals surface area (Å²) < 4.78 is 9.02. The van der Waals surface area contributed by atoms with Gasteiger partial charge in [-0.25, -0.2) is 9.59 Å². The van der Waals surface area contributed by atoms with E-state index in [0.717, 1.165) is 0 Å². The Balaban J connectivity index is 0. The molecule has 1 unspecified atom stereocenters. The Morgan fingerprint density at radius 1 is 0.862 bits per heavy atom. The fraction of sp³-hybridized carbons (Fsp3) is 0.571. The van der Waals surface area contributed by atoms with E-state index in [1.54, 1.807) is 0 Å². The third-order valence-electron chi connectivity index (χ3n) is 3.24. The molecule has 0 amide bonds. The molecule has 6 N–H and O–H groups in total. The number of aliphatic hydroxyl groups is 1. The molecule has 0 saturated carbocycles. The Kier molecular flexibility index (Phi) is 12.3. The second-order valence-electron chi connectivity index (χ2n) is 5.51. The van der Waals surface area contributed by atoms with E-state index < -0.39 is 72.7 Å². The van der Waals surface area contributed by atoms with Gasteiger partial charge in [-0.2, -0.15) is 5.90 Å². The third-order valence-corrected chi connectivity index (χ3v) is 3.24. The van der Waals surface area contributed by atoms with Gasteiger partial charge in [-0.15, -0.1) is 0 Å². The minimum absolute atomic E-state index is 0. The molecule has 0 radical (unpaired) electrons. The van der Waals surface area contributed by atoms with E-state index in [1.807, 2.05) is 0 Å². The molecule has 14 nitrogen and oxygen atoms in total. The maximum absolute atomic E-state index is 12.4. The molecular weight excluding hydrogens is 413 g/mol. The van der Waals surface area contributed by atoms with Crippen LogP contribution >= 0.6 is 0 Å². The van der Waals surface area contributed by atoms with Gasteiger partial charge in [0.2, 0.25) is 5.60 Å². The van der Waals surface area contributed by atoms with Gasteiger partial charge in [-0.05, 0) is 6.92 Å². The molecule has 0 heterocycles. The van der Waals surface area contributed by atoms with Gasteiger partial charge in [0.1, 0.15) is 0 Å². The van der Waals surface area contributed by atoms with Crippen molar-refractivity contribution in [2.75, 3.05) is 6.61 Å². The fourth-order valence-corrected chi connectivity index (χ4v) is 2.03. The van der Waals surface area contributed by atoms with Crippen LogP contribution in [0.1, 0.15) is 32.6 Å². The number of aliphatic carboxylic acids is 3. The van der Waals surface area contributed by atoms with E-state index in [0.29, 0.717) is 0 Å². The van der Waals surface area contributed by atoms with Crippen LogP contribution in [0.5, 0.6) is 0 Å². The van der Waals surface area contributed by atoms with E-state index in [-0.39, 0.29) is 36.2 Å². The molecule has 160 valence electrons. The van der Waals surface area contributed by atoms with Gasteiger partial charge in [0, 0.05) is 0 Å². The topological polar surface area (TPSA) is 237 Å². The Labute approximate surface area is 185 Å². The van der Waals surface area contributed by atoms with Crippen LogP contribution < -0.4 is 5.90 Å². The summed E-state index contributed by atoms with van der Waals surface area (Å²) in [5.41, 5.74) is -6.20. The van der Waals surface area contributed by atoms with Gasteiger partial charge in [0.05, 0.1) is 32.3 Å². The number of esters is 2. The van der Waals surface area contributed by atoms with Crippen LogP contribution in [0.4, 0.5) is 0 Å². The molecule has 1 atom stereocenters. The second kappa shape index (κ2) is 12.3. The summed E-state index contributed by atoms with van der Waals surface area (Å²) in [6.07, 6.45) is -5.49. The summed E-state index contributed by atoms with van der Waals surface area (Å²) in [7, 11) is 0. The number of carbonyl (C=O) groups is 6. The average Bonchev–Trinajstić information content (AvgIpc) is 2.52. The molecule has 0 aliphatic rings. The van der Waals surface area contributed by atoms with Gasteiger partial charge in [-0.3, -0.25) is 19.2 Å². The zero-order chi connectivity index (χ0) is 22.1. The number of carbonyl (C=O) groups excluding carboxylic acids is 3. The minimum atomic E-state index is -3.13. The molecule has 0 spiro atoms. The monoisotopic (exact) mass is 433 g/mol. The average molecular weight is 433 g/mol. The van der Waals surface area contributed by atoms with Crippen molar-refractivity contribution in [3.05, 3.63) is 0 Å². The van der Waals surface area contributed by atoms with E-state index >= 15 is 0 Å². The number of rotatable bonds is 12. The predicted molar refractivity (Wildman–Crippen MR) is 89.2 cm³/mol. The SMILES string of the molecule is CCOC(=O)CC(O)(CC(=O)ON)C(=O)OC(CC(=O)O)(CC(=O)O)C(=O)O.[NaH]. The molecule has 0 bridgehead atoms. The Hall–Kier alpha value is -2.26. The van der Waals surface area contributed by atoms with Gasteiger partial charge >= 0.3 is 65.4 Å². The number of nitrogens with two attached hydrogens (primary N) is 1. The molecule has 0 aliphatic carbocycles. The Bertz CT molecular complexity index is 648. The number of carboxylic acids is 3. The van der Waals surface area contributed by atoms with Crippen molar-refractivity contribution in [1.82, 2.24) is 0 Å². The molecule has 0 rings (SSSR count). The molecular formula is C14H20NNaO13. The fourth-order valence-electron chi connectivity index (χ4n) is 2.03. The van der Waals surface area contributed by atoms with Crippen LogP contribution in [-0.4, -0.2) is 104 Å².